The second kappa shape index (κ2) is 7.91. The lowest BCUT2D eigenvalue weighted by atomic mass is 10.1. The maximum absolute atomic E-state index is 5.37. The lowest BCUT2D eigenvalue weighted by molar-refractivity contribution is 0.393. The molecule has 0 aliphatic heterocycles. The summed E-state index contributed by atoms with van der Waals surface area (Å²) in [5.74, 6) is 1.54. The number of hydrogen-bond donors (Lipinski definition) is 0. The molecule has 0 radical (unpaired) electrons. The fourth-order valence-corrected chi connectivity index (χ4v) is 3.25. The summed E-state index contributed by atoms with van der Waals surface area (Å²) in [6.45, 7) is 4.22. The van der Waals surface area contributed by atoms with Gasteiger partial charge in [0.15, 0.2) is 0 Å². The molecule has 0 aliphatic rings. The van der Waals surface area contributed by atoms with Gasteiger partial charge < -0.3 is 9.47 Å². The third kappa shape index (κ3) is 4.06. The van der Waals surface area contributed by atoms with E-state index in [1.807, 2.05) is 53.6 Å². The van der Waals surface area contributed by atoms with Gasteiger partial charge in [-0.3, -0.25) is 14.6 Å². The smallest absolute Gasteiger partial charge is 0.122 e. The third-order valence-corrected chi connectivity index (χ3v) is 4.86. The van der Waals surface area contributed by atoms with Crippen molar-refractivity contribution >= 4 is 11.0 Å². The minimum absolute atomic E-state index is 0.321. The topological polar surface area (TPSA) is 62.1 Å². The van der Waals surface area contributed by atoms with Gasteiger partial charge in [0.1, 0.15) is 11.5 Å². The molecule has 0 unspecified atom stereocenters. The fraction of sp³-hybridized carbons (Fsp3) is 0.261. The van der Waals surface area contributed by atoms with E-state index in [1.54, 1.807) is 14.2 Å². The molecule has 6 nitrogen and oxygen atoms in total. The second-order valence-corrected chi connectivity index (χ2v) is 7.27. The van der Waals surface area contributed by atoms with Gasteiger partial charge in [-0.2, -0.15) is 5.10 Å². The Labute approximate surface area is 170 Å². The van der Waals surface area contributed by atoms with E-state index in [9.17, 15) is 0 Å². The van der Waals surface area contributed by atoms with Crippen molar-refractivity contribution in [1.29, 1.82) is 0 Å². The molecule has 0 fully saturated rings. The highest BCUT2D eigenvalue weighted by Crippen LogP contribution is 2.26. The van der Waals surface area contributed by atoms with E-state index in [2.05, 4.69) is 30.0 Å². The van der Waals surface area contributed by atoms with Gasteiger partial charge in [0.05, 0.1) is 31.4 Å². The van der Waals surface area contributed by atoms with Crippen LogP contribution < -0.4 is 9.47 Å². The second-order valence-electron chi connectivity index (χ2n) is 7.27. The third-order valence-electron chi connectivity index (χ3n) is 4.86. The summed E-state index contributed by atoms with van der Waals surface area (Å²) in [7, 11) is 3.31. The van der Waals surface area contributed by atoms with Crippen LogP contribution in [0.4, 0.5) is 0 Å². The number of fused-ring (bicyclic) bond motifs is 1. The van der Waals surface area contributed by atoms with Crippen LogP contribution in [0.5, 0.6) is 11.5 Å². The minimum atomic E-state index is 0.321. The lowest BCUT2D eigenvalue weighted by Crippen LogP contribution is -1.99. The Kier molecular flexibility index (Phi) is 5.16. The predicted octanol–water partition coefficient (Wildman–Crippen LogP) is 4.68. The molecule has 0 atom stereocenters. The molecule has 4 rings (SSSR count). The van der Waals surface area contributed by atoms with Crippen LogP contribution in [-0.4, -0.2) is 34.0 Å². The van der Waals surface area contributed by atoms with E-state index in [1.165, 1.54) is 0 Å². The van der Waals surface area contributed by atoms with E-state index in [-0.39, 0.29) is 0 Å². The molecule has 3 aromatic heterocycles. The Morgan fingerprint density at radius 3 is 2.31 bits per heavy atom. The molecule has 4 aromatic rings. The van der Waals surface area contributed by atoms with Gasteiger partial charge in [-0.1, -0.05) is 0 Å². The van der Waals surface area contributed by atoms with Crippen LogP contribution in [0.25, 0.3) is 22.2 Å². The van der Waals surface area contributed by atoms with E-state index < -0.39 is 0 Å². The summed E-state index contributed by atoms with van der Waals surface area (Å²) in [6, 6.07) is 12.3. The zero-order valence-corrected chi connectivity index (χ0v) is 17.1. The summed E-state index contributed by atoms with van der Waals surface area (Å²) >= 11 is 0. The molecule has 0 N–H and O–H groups in total. The van der Waals surface area contributed by atoms with E-state index in [0.29, 0.717) is 12.5 Å². The van der Waals surface area contributed by atoms with Crippen LogP contribution in [0.1, 0.15) is 31.1 Å². The van der Waals surface area contributed by atoms with Crippen LogP contribution in [-0.2, 0) is 6.42 Å². The fourth-order valence-electron chi connectivity index (χ4n) is 3.25. The normalized spacial score (nSPS) is 11.2. The molecule has 29 heavy (non-hydrogen) atoms. The van der Waals surface area contributed by atoms with Gasteiger partial charge in [-0.25, -0.2) is 0 Å². The minimum Gasteiger partial charge on any atom is -0.497 e. The summed E-state index contributed by atoms with van der Waals surface area (Å²) in [6.07, 6.45) is 6.46. The zero-order chi connectivity index (χ0) is 20.4. The Bertz CT molecular complexity index is 1130. The van der Waals surface area contributed by atoms with Gasteiger partial charge in [0.2, 0.25) is 0 Å². The van der Waals surface area contributed by atoms with Crippen LogP contribution in [0.2, 0.25) is 0 Å². The molecular weight excluding hydrogens is 364 g/mol. The number of rotatable bonds is 6. The molecule has 3 heterocycles. The maximum Gasteiger partial charge on any atom is 0.122 e. The van der Waals surface area contributed by atoms with Crippen molar-refractivity contribution in [2.75, 3.05) is 14.2 Å². The zero-order valence-electron chi connectivity index (χ0n) is 17.1. The molecule has 6 heteroatoms. The van der Waals surface area contributed by atoms with Crippen LogP contribution in [0.3, 0.4) is 0 Å². The van der Waals surface area contributed by atoms with E-state index in [0.717, 1.165) is 44.9 Å². The Morgan fingerprint density at radius 2 is 1.66 bits per heavy atom. The van der Waals surface area contributed by atoms with E-state index >= 15 is 0 Å². The van der Waals surface area contributed by atoms with Crippen molar-refractivity contribution in [2.45, 2.75) is 26.3 Å². The molecule has 0 aliphatic carbocycles. The molecule has 148 valence electrons. The number of hydrogen-bond acceptors (Lipinski definition) is 5. The summed E-state index contributed by atoms with van der Waals surface area (Å²) < 4.78 is 12.7. The van der Waals surface area contributed by atoms with Crippen molar-refractivity contribution in [2.24, 2.45) is 0 Å². The lowest BCUT2D eigenvalue weighted by Gasteiger charge is -2.09. The van der Waals surface area contributed by atoms with Crippen molar-refractivity contribution in [1.82, 2.24) is 19.7 Å². The monoisotopic (exact) mass is 388 g/mol. The first-order chi connectivity index (χ1) is 14.1. The van der Waals surface area contributed by atoms with Crippen molar-refractivity contribution < 1.29 is 9.47 Å². The van der Waals surface area contributed by atoms with Crippen LogP contribution in [0, 0.1) is 0 Å². The van der Waals surface area contributed by atoms with Crippen molar-refractivity contribution in [3.63, 3.8) is 0 Å². The highest BCUT2D eigenvalue weighted by molar-refractivity contribution is 5.80. The molecule has 0 amide bonds. The van der Waals surface area contributed by atoms with Gasteiger partial charge in [0.25, 0.3) is 0 Å². The largest absolute Gasteiger partial charge is 0.497 e. The summed E-state index contributed by atoms with van der Waals surface area (Å²) in [5.41, 5.74) is 5.83. The maximum atomic E-state index is 5.37. The van der Waals surface area contributed by atoms with Gasteiger partial charge in [-0.15, -0.1) is 0 Å². The number of nitrogens with zero attached hydrogens (tertiary/aromatic N) is 4. The highest BCUT2D eigenvalue weighted by atomic mass is 16.5. The number of pyridine rings is 2. The van der Waals surface area contributed by atoms with Crippen molar-refractivity contribution in [3.8, 4) is 22.6 Å². The number of ether oxygens (including phenoxy) is 2. The Balaban J connectivity index is 1.66. The van der Waals surface area contributed by atoms with Crippen LogP contribution >= 0.6 is 0 Å². The number of benzene rings is 1. The molecular formula is C23H24N4O2. The first-order valence-corrected chi connectivity index (χ1v) is 9.58. The average Bonchev–Trinajstić information content (AvgIpc) is 3.23. The van der Waals surface area contributed by atoms with Gasteiger partial charge >= 0.3 is 0 Å². The molecule has 0 bridgehead atoms. The van der Waals surface area contributed by atoms with Gasteiger partial charge in [0, 0.05) is 47.7 Å². The molecule has 0 saturated carbocycles. The highest BCUT2D eigenvalue weighted by Gasteiger charge is 2.09. The summed E-state index contributed by atoms with van der Waals surface area (Å²) in [5, 5.41) is 4.42. The summed E-state index contributed by atoms with van der Waals surface area (Å²) in [4.78, 5) is 9.41. The quantitative estimate of drug-likeness (QED) is 0.480. The SMILES string of the molecule is COc1cc(Cc2ccc3ncc(-c4cnn(C(C)C)c4)cc3n2)cc(OC)c1. The average molecular weight is 388 g/mol. The van der Waals surface area contributed by atoms with E-state index in [4.69, 9.17) is 14.5 Å². The first kappa shape index (κ1) is 18.9. The first-order valence-electron chi connectivity index (χ1n) is 9.58. The molecule has 1 aromatic carbocycles. The number of methoxy groups -OCH3 is 2. The predicted molar refractivity (Wildman–Crippen MR) is 113 cm³/mol. The molecule has 0 saturated heterocycles. The van der Waals surface area contributed by atoms with Gasteiger partial charge in [-0.05, 0) is 49.7 Å². The van der Waals surface area contributed by atoms with Crippen molar-refractivity contribution in [3.05, 3.63) is 66.2 Å². The molecule has 0 spiro atoms. The Hall–Kier alpha value is -3.41. The standard InChI is InChI=1S/C23H24N4O2/c1-15(2)27-14-18(13-25-27)17-10-23-22(24-12-17)6-5-19(26-23)7-16-8-20(28-3)11-21(9-16)29-4/h5-6,8-15H,7H2,1-4H3. The number of aromatic nitrogens is 4. The van der Waals surface area contributed by atoms with Crippen LogP contribution in [0.15, 0.2) is 55.0 Å². The Morgan fingerprint density at radius 1 is 0.897 bits per heavy atom.